The molecule has 2 N–H and O–H groups in total. The molecular weight excluding hydrogens is 214 g/mol. The molecule has 2 unspecified atom stereocenters. The van der Waals surface area contributed by atoms with E-state index in [2.05, 4.69) is 11.8 Å². The average molecular weight is 239 g/mol. The number of rotatable bonds is 2. The van der Waals surface area contributed by atoms with Gasteiger partial charge in [-0.15, -0.1) is 0 Å². The fourth-order valence-corrected chi connectivity index (χ4v) is 3.05. The third-order valence-corrected chi connectivity index (χ3v) is 4.23. The number of carbonyl (C=O) groups is 1. The van der Waals surface area contributed by atoms with E-state index >= 15 is 0 Å². The molecule has 0 saturated carbocycles. The Morgan fingerprint density at radius 2 is 2.18 bits per heavy atom. The number of carbonyl (C=O) groups excluding carboxylic acids is 1. The summed E-state index contributed by atoms with van der Waals surface area (Å²) in [7, 11) is 0. The van der Waals surface area contributed by atoms with E-state index in [1.54, 1.807) is 0 Å². The van der Waals surface area contributed by atoms with E-state index in [1.807, 2.05) is 11.8 Å². The molecule has 98 valence electrons. The van der Waals surface area contributed by atoms with Crippen molar-refractivity contribution in [1.29, 1.82) is 0 Å². The number of piperidine rings is 1. The number of fused-ring (bicyclic) bond motifs is 1. The maximum atomic E-state index is 12.2. The van der Waals surface area contributed by atoms with Gasteiger partial charge in [0, 0.05) is 25.2 Å². The molecule has 2 rings (SSSR count). The lowest BCUT2D eigenvalue weighted by Crippen LogP contribution is -2.62. The number of amides is 1. The number of hydrogen-bond acceptors (Lipinski definition) is 3. The van der Waals surface area contributed by atoms with Gasteiger partial charge in [0.2, 0.25) is 5.91 Å². The second kappa shape index (κ2) is 5.36. The molecule has 3 atom stereocenters. The molecule has 2 saturated heterocycles. The van der Waals surface area contributed by atoms with Crippen LogP contribution in [0.15, 0.2) is 0 Å². The summed E-state index contributed by atoms with van der Waals surface area (Å²) in [5.74, 6) is 0.144. The summed E-state index contributed by atoms with van der Waals surface area (Å²) in [6, 6.07) is 0.579. The smallest absolute Gasteiger partial charge is 0.239 e. The quantitative estimate of drug-likeness (QED) is 0.776. The van der Waals surface area contributed by atoms with E-state index in [-0.39, 0.29) is 11.9 Å². The van der Waals surface area contributed by atoms with E-state index in [0.29, 0.717) is 12.1 Å². The van der Waals surface area contributed by atoms with E-state index in [9.17, 15) is 4.79 Å². The highest BCUT2D eigenvalue weighted by molar-refractivity contribution is 5.82. The van der Waals surface area contributed by atoms with Crippen molar-refractivity contribution in [2.75, 3.05) is 19.6 Å². The molecule has 2 aliphatic heterocycles. The van der Waals surface area contributed by atoms with Gasteiger partial charge >= 0.3 is 0 Å². The minimum Gasteiger partial charge on any atom is -0.336 e. The third-order valence-electron chi connectivity index (χ3n) is 4.23. The van der Waals surface area contributed by atoms with E-state index in [1.165, 1.54) is 25.8 Å². The molecule has 1 amide bonds. The summed E-state index contributed by atoms with van der Waals surface area (Å²) < 4.78 is 0. The summed E-state index contributed by atoms with van der Waals surface area (Å²) >= 11 is 0. The van der Waals surface area contributed by atoms with Crippen LogP contribution in [0.1, 0.15) is 39.5 Å². The highest BCUT2D eigenvalue weighted by Gasteiger charge is 2.36. The molecule has 2 heterocycles. The van der Waals surface area contributed by atoms with Gasteiger partial charge < -0.3 is 10.6 Å². The van der Waals surface area contributed by atoms with Crippen molar-refractivity contribution in [3.05, 3.63) is 0 Å². The maximum Gasteiger partial charge on any atom is 0.239 e. The average Bonchev–Trinajstić information content (AvgIpc) is 2.36. The van der Waals surface area contributed by atoms with Crippen LogP contribution in [0, 0.1) is 0 Å². The summed E-state index contributed by atoms with van der Waals surface area (Å²) in [6.07, 6.45) is 4.58. The zero-order valence-corrected chi connectivity index (χ0v) is 11.1. The third kappa shape index (κ3) is 2.63. The lowest BCUT2D eigenvalue weighted by molar-refractivity contribution is -0.139. The highest BCUT2D eigenvalue weighted by atomic mass is 16.2. The predicted octanol–water partition coefficient (Wildman–Crippen LogP) is 0.809. The lowest BCUT2D eigenvalue weighted by Gasteiger charge is -2.48. The number of nitrogens with two attached hydrogens (primary N) is 1. The molecule has 4 nitrogen and oxygen atoms in total. The number of piperazine rings is 1. The normalized spacial score (nSPS) is 32.1. The van der Waals surface area contributed by atoms with Crippen molar-refractivity contribution >= 4 is 5.91 Å². The fraction of sp³-hybridized carbons (Fsp3) is 0.923. The van der Waals surface area contributed by atoms with Gasteiger partial charge in [-0.05, 0) is 32.7 Å². The monoisotopic (exact) mass is 239 g/mol. The first-order valence-electron chi connectivity index (χ1n) is 6.93. The van der Waals surface area contributed by atoms with Crippen LogP contribution in [0.25, 0.3) is 0 Å². The lowest BCUT2D eigenvalue weighted by atomic mass is 9.96. The van der Waals surface area contributed by atoms with Crippen molar-refractivity contribution in [3.63, 3.8) is 0 Å². The highest BCUT2D eigenvalue weighted by Crippen LogP contribution is 2.24. The standard InChI is InChI=1S/C13H25N3O/c1-3-12(14)13(17)16-9-11-6-4-5-7-15(11)8-10(16)2/h10-12H,3-9,14H2,1-2H3/t10?,11?,12-/m0/s1. The van der Waals surface area contributed by atoms with Gasteiger partial charge in [0.05, 0.1) is 6.04 Å². The molecule has 0 aromatic rings. The van der Waals surface area contributed by atoms with Crippen LogP contribution in [0.2, 0.25) is 0 Å². The Morgan fingerprint density at radius 1 is 1.41 bits per heavy atom. The SMILES string of the molecule is CC[C@H](N)C(=O)N1CC2CCCCN2CC1C. The largest absolute Gasteiger partial charge is 0.336 e. The molecule has 2 fully saturated rings. The van der Waals surface area contributed by atoms with Crippen molar-refractivity contribution in [1.82, 2.24) is 9.80 Å². The molecule has 4 heteroatoms. The van der Waals surface area contributed by atoms with Crippen molar-refractivity contribution in [2.24, 2.45) is 5.73 Å². The van der Waals surface area contributed by atoms with Gasteiger partial charge in [-0.25, -0.2) is 0 Å². The molecular formula is C13H25N3O. The predicted molar refractivity (Wildman–Crippen MR) is 68.7 cm³/mol. The Hall–Kier alpha value is -0.610. The topological polar surface area (TPSA) is 49.6 Å². The Labute approximate surface area is 104 Å². The second-order valence-electron chi connectivity index (χ2n) is 5.50. The van der Waals surface area contributed by atoms with Gasteiger partial charge in [-0.3, -0.25) is 9.69 Å². The Morgan fingerprint density at radius 3 is 2.88 bits per heavy atom. The van der Waals surface area contributed by atoms with Crippen LogP contribution in [-0.2, 0) is 4.79 Å². The van der Waals surface area contributed by atoms with Crippen LogP contribution >= 0.6 is 0 Å². The zero-order valence-electron chi connectivity index (χ0n) is 11.1. The van der Waals surface area contributed by atoms with Gasteiger partial charge in [-0.2, -0.15) is 0 Å². The van der Waals surface area contributed by atoms with Crippen LogP contribution < -0.4 is 5.73 Å². The molecule has 0 bridgehead atoms. The van der Waals surface area contributed by atoms with Crippen molar-refractivity contribution in [3.8, 4) is 0 Å². The first-order valence-corrected chi connectivity index (χ1v) is 6.93. The Kier molecular flexibility index (Phi) is 4.05. The summed E-state index contributed by atoms with van der Waals surface area (Å²) in [4.78, 5) is 16.8. The van der Waals surface area contributed by atoms with Crippen LogP contribution in [0.5, 0.6) is 0 Å². The molecule has 0 aliphatic carbocycles. The van der Waals surface area contributed by atoms with Crippen molar-refractivity contribution < 1.29 is 4.79 Å². The van der Waals surface area contributed by atoms with Gasteiger partial charge in [0.1, 0.15) is 0 Å². The van der Waals surface area contributed by atoms with Crippen LogP contribution in [0.4, 0.5) is 0 Å². The number of nitrogens with zero attached hydrogens (tertiary/aromatic N) is 2. The van der Waals surface area contributed by atoms with Crippen LogP contribution in [0.3, 0.4) is 0 Å². The minimum atomic E-state index is -0.312. The van der Waals surface area contributed by atoms with E-state index in [4.69, 9.17) is 5.73 Å². The Bertz CT molecular complexity index is 282. The molecule has 17 heavy (non-hydrogen) atoms. The van der Waals surface area contributed by atoms with Crippen molar-refractivity contribution in [2.45, 2.75) is 57.7 Å². The Balaban J connectivity index is 2.01. The van der Waals surface area contributed by atoms with Gasteiger partial charge in [-0.1, -0.05) is 13.3 Å². The van der Waals surface area contributed by atoms with E-state index < -0.39 is 0 Å². The maximum absolute atomic E-state index is 12.2. The number of hydrogen-bond donors (Lipinski definition) is 1. The van der Waals surface area contributed by atoms with Gasteiger partial charge in [0.15, 0.2) is 0 Å². The first-order chi connectivity index (χ1) is 8.13. The molecule has 0 radical (unpaired) electrons. The second-order valence-corrected chi connectivity index (χ2v) is 5.50. The molecule has 2 aliphatic rings. The van der Waals surface area contributed by atoms with E-state index in [0.717, 1.165) is 19.5 Å². The molecule has 0 aromatic carbocycles. The van der Waals surface area contributed by atoms with Gasteiger partial charge in [0.25, 0.3) is 0 Å². The zero-order chi connectivity index (χ0) is 12.4. The van der Waals surface area contributed by atoms with Crippen LogP contribution in [-0.4, -0.2) is 53.5 Å². The fourth-order valence-electron chi connectivity index (χ4n) is 3.05. The molecule has 0 spiro atoms. The summed E-state index contributed by atoms with van der Waals surface area (Å²) in [5, 5.41) is 0. The summed E-state index contributed by atoms with van der Waals surface area (Å²) in [5.41, 5.74) is 5.87. The molecule has 0 aromatic heterocycles. The summed E-state index contributed by atoms with van der Waals surface area (Å²) in [6.45, 7) is 7.23. The first kappa shape index (κ1) is 12.8. The minimum absolute atomic E-state index is 0.144.